The van der Waals surface area contributed by atoms with Crippen LogP contribution in [0.15, 0.2) is 158 Å². The minimum absolute atomic E-state index is 0.0772. The molecule has 0 aromatic rings. The highest BCUT2D eigenvalue weighted by molar-refractivity contribution is 7.47. The van der Waals surface area contributed by atoms with Crippen LogP contribution in [0.25, 0.3) is 0 Å². The summed E-state index contributed by atoms with van der Waals surface area (Å²) >= 11 is 0. The average Bonchev–Trinajstić information content (AvgIpc) is 1.57. The molecule has 0 aliphatic heterocycles. The highest BCUT2D eigenvalue weighted by Gasteiger charge is 2.29. The van der Waals surface area contributed by atoms with Crippen molar-refractivity contribution in [2.75, 3.05) is 39.6 Å². The summed E-state index contributed by atoms with van der Waals surface area (Å²) in [6, 6.07) is 0. The van der Waals surface area contributed by atoms with Crippen LogP contribution in [0.5, 0.6) is 0 Å². The molecule has 0 saturated carbocycles. The number of hydrogen-bond donors (Lipinski definition) is 4. The molecule has 5 atom stereocenters. The molecule has 564 valence electrons. The van der Waals surface area contributed by atoms with Gasteiger partial charge in [-0.05, 0) is 141 Å². The number of rotatable bonds is 70. The van der Waals surface area contributed by atoms with Gasteiger partial charge in [-0.3, -0.25) is 32.5 Å². The Balaban J connectivity index is 4.64. The second-order valence-electron chi connectivity index (χ2n) is 24.7. The molecule has 0 aromatic heterocycles. The number of carbonyl (C=O) groups is 3. The molecule has 0 aliphatic rings. The van der Waals surface area contributed by atoms with Gasteiger partial charge in [0.1, 0.15) is 25.4 Å². The Labute approximate surface area is 600 Å². The van der Waals surface area contributed by atoms with Crippen LogP contribution in [-0.2, 0) is 55.8 Å². The quantitative estimate of drug-likeness (QED) is 0.0146. The van der Waals surface area contributed by atoms with E-state index in [-0.39, 0.29) is 19.3 Å². The Morgan fingerprint density at radius 3 is 0.798 bits per heavy atom. The molecule has 99 heavy (non-hydrogen) atoms. The lowest BCUT2D eigenvalue weighted by molar-refractivity contribution is -0.161. The number of allylic oxidation sites excluding steroid dienone is 26. The van der Waals surface area contributed by atoms with E-state index < -0.39 is 91.5 Å². The SMILES string of the molecule is CC/C=C\C/C=C\C/C=C\C/C=C\C/C=C\CCCCCCCCCCCC(=O)OCC(O)COP(=O)(O)OCC(O)COP(=O)(O)OCC(COC(=O)CCCCCCCCC/C=C\C/C=C\C/C=C\C/C=C\C/C=C\CC)OC(=O)CCCCCCC/C=C\C/C=C\C/C=C\CC. The number of phosphoric ester groups is 2. The average molecular weight is 1430 g/mol. The van der Waals surface area contributed by atoms with Crippen LogP contribution < -0.4 is 0 Å². The molecule has 0 aromatic carbocycles. The van der Waals surface area contributed by atoms with Crippen molar-refractivity contribution in [1.82, 2.24) is 0 Å². The van der Waals surface area contributed by atoms with Gasteiger partial charge in [0.15, 0.2) is 6.10 Å². The maximum absolute atomic E-state index is 13.0. The molecule has 5 unspecified atom stereocenters. The number of esters is 3. The minimum Gasteiger partial charge on any atom is -0.463 e. The Hall–Kier alpha value is -4.83. The molecule has 4 N–H and O–H groups in total. The number of phosphoric acid groups is 2. The minimum atomic E-state index is -4.94. The Bertz CT molecular complexity index is 2430. The molecule has 0 bridgehead atoms. The summed E-state index contributed by atoms with van der Waals surface area (Å²) in [5.41, 5.74) is 0. The van der Waals surface area contributed by atoms with Gasteiger partial charge in [0.2, 0.25) is 0 Å². The van der Waals surface area contributed by atoms with Gasteiger partial charge >= 0.3 is 33.6 Å². The fourth-order valence-electron chi connectivity index (χ4n) is 9.58. The smallest absolute Gasteiger partial charge is 0.463 e. The summed E-state index contributed by atoms with van der Waals surface area (Å²) in [6.07, 6.45) is 90.0. The number of hydrogen-bond acceptors (Lipinski definition) is 14. The summed E-state index contributed by atoms with van der Waals surface area (Å²) in [6.45, 7) is 2.29. The molecule has 0 rings (SSSR count). The predicted molar refractivity (Wildman–Crippen MR) is 408 cm³/mol. The first kappa shape index (κ1) is 94.2. The third-order valence-corrected chi connectivity index (χ3v) is 17.1. The Kier molecular flexibility index (Phi) is 69.4. The first-order chi connectivity index (χ1) is 48.2. The molecule has 18 heteroatoms. The number of unbranched alkanes of at least 4 members (excludes halogenated alkanes) is 21. The summed E-state index contributed by atoms with van der Waals surface area (Å²) in [5.74, 6) is -1.62. The maximum Gasteiger partial charge on any atom is 0.472 e. The standard InChI is InChI=1S/C81H134O16P2/c1-4-7-10-13-16-19-22-25-28-30-32-34-36-37-39-41-42-44-47-49-52-55-58-61-64-67-79(84)91-70-76(82)71-93-98(87,88)94-72-77(83)73-95-99(89,90)96-75-78(97-81(86)69-66-63-60-57-54-51-46-27-24-21-18-15-12-9-6-3)74-92-80(85)68-65-62-59-56-53-50-48-45-43-40-38-35-33-31-29-26-23-20-17-14-11-8-5-2/h7-12,16-21,25-29,32-35,37,39-40,43,46,76-78,82-83H,4-6,13-15,22-24,30-31,36,38,41-42,44-45,47-75H2,1-3H3,(H,87,88)(H,89,90)/b10-7-,11-8-,12-9-,19-16-,20-17-,21-18-,28-25-,29-26-,34-32-,35-33-,39-37-,43-40-,46-27-. The fraction of sp³-hybridized carbons (Fsp3) is 0.642. The van der Waals surface area contributed by atoms with Crippen LogP contribution in [0, 0.1) is 0 Å². The summed E-state index contributed by atoms with van der Waals surface area (Å²) in [7, 11) is -9.81. The molecular weight excluding hydrogens is 1290 g/mol. The van der Waals surface area contributed by atoms with E-state index >= 15 is 0 Å². The zero-order valence-electron chi connectivity index (χ0n) is 61.4. The number of aliphatic hydroxyl groups excluding tert-OH is 2. The van der Waals surface area contributed by atoms with Crippen molar-refractivity contribution in [3.8, 4) is 0 Å². The summed E-state index contributed by atoms with van der Waals surface area (Å²) in [4.78, 5) is 58.6. The van der Waals surface area contributed by atoms with Gasteiger partial charge in [-0.25, -0.2) is 9.13 Å². The molecule has 0 heterocycles. The van der Waals surface area contributed by atoms with E-state index in [2.05, 4.69) is 179 Å². The van der Waals surface area contributed by atoms with Crippen molar-refractivity contribution in [1.29, 1.82) is 0 Å². The van der Waals surface area contributed by atoms with Gasteiger partial charge in [0.25, 0.3) is 0 Å². The van der Waals surface area contributed by atoms with Gasteiger partial charge in [0, 0.05) is 19.3 Å². The van der Waals surface area contributed by atoms with Crippen molar-refractivity contribution in [2.45, 2.75) is 296 Å². The van der Waals surface area contributed by atoms with E-state index in [0.717, 1.165) is 193 Å². The van der Waals surface area contributed by atoms with E-state index in [1.54, 1.807) is 0 Å². The van der Waals surface area contributed by atoms with E-state index in [4.69, 9.17) is 32.3 Å². The fourth-order valence-corrected chi connectivity index (χ4v) is 11.2. The number of aliphatic hydroxyl groups is 2. The Morgan fingerprint density at radius 1 is 0.283 bits per heavy atom. The predicted octanol–water partition coefficient (Wildman–Crippen LogP) is 21.9. The van der Waals surface area contributed by atoms with Gasteiger partial charge in [-0.2, -0.15) is 0 Å². The molecule has 16 nitrogen and oxygen atoms in total. The van der Waals surface area contributed by atoms with E-state index in [9.17, 15) is 43.5 Å². The second kappa shape index (κ2) is 72.9. The summed E-state index contributed by atoms with van der Waals surface area (Å²) < 4.78 is 61.1. The van der Waals surface area contributed by atoms with Crippen molar-refractivity contribution < 1.29 is 75.8 Å². The van der Waals surface area contributed by atoms with Crippen molar-refractivity contribution in [3.05, 3.63) is 158 Å². The van der Waals surface area contributed by atoms with Crippen LogP contribution in [0.4, 0.5) is 0 Å². The third kappa shape index (κ3) is 74.2. The van der Waals surface area contributed by atoms with Gasteiger partial charge < -0.3 is 34.2 Å². The third-order valence-electron chi connectivity index (χ3n) is 15.2. The lowest BCUT2D eigenvalue weighted by Crippen LogP contribution is -2.30. The second-order valence-corrected chi connectivity index (χ2v) is 27.6. The van der Waals surface area contributed by atoms with Crippen LogP contribution >= 0.6 is 15.6 Å². The topological polar surface area (TPSA) is 231 Å². The van der Waals surface area contributed by atoms with E-state index in [1.165, 1.54) is 25.7 Å². The molecule has 0 radical (unpaired) electrons. The Morgan fingerprint density at radius 2 is 0.505 bits per heavy atom. The molecule has 0 aliphatic carbocycles. The maximum atomic E-state index is 13.0. The first-order valence-electron chi connectivity index (χ1n) is 37.8. The molecule has 0 spiro atoms. The normalized spacial score (nSPS) is 14.9. The summed E-state index contributed by atoms with van der Waals surface area (Å²) in [5, 5.41) is 20.6. The number of carbonyl (C=O) groups excluding carboxylic acids is 3. The van der Waals surface area contributed by atoms with Crippen molar-refractivity contribution >= 4 is 33.6 Å². The molecular formula is C81H134O16P2. The number of ether oxygens (including phenoxy) is 3. The molecule has 0 amide bonds. The van der Waals surface area contributed by atoms with Crippen LogP contribution in [0.3, 0.4) is 0 Å². The van der Waals surface area contributed by atoms with Crippen molar-refractivity contribution in [2.24, 2.45) is 0 Å². The molecule has 0 fully saturated rings. The lowest BCUT2D eigenvalue weighted by atomic mass is 10.1. The van der Waals surface area contributed by atoms with Crippen LogP contribution in [0.1, 0.15) is 278 Å². The van der Waals surface area contributed by atoms with E-state index in [1.807, 2.05) is 0 Å². The lowest BCUT2D eigenvalue weighted by Gasteiger charge is -2.21. The van der Waals surface area contributed by atoms with Gasteiger partial charge in [-0.15, -0.1) is 0 Å². The zero-order chi connectivity index (χ0) is 72.3. The highest BCUT2D eigenvalue weighted by Crippen LogP contribution is 2.45. The van der Waals surface area contributed by atoms with Gasteiger partial charge in [-0.1, -0.05) is 275 Å². The zero-order valence-corrected chi connectivity index (χ0v) is 63.1. The highest BCUT2D eigenvalue weighted by atomic mass is 31.2. The monoisotopic (exact) mass is 1420 g/mol. The molecule has 0 saturated heterocycles. The largest absolute Gasteiger partial charge is 0.472 e. The van der Waals surface area contributed by atoms with E-state index in [0.29, 0.717) is 19.3 Å². The van der Waals surface area contributed by atoms with Crippen molar-refractivity contribution in [3.63, 3.8) is 0 Å². The van der Waals surface area contributed by atoms with Crippen LogP contribution in [0.2, 0.25) is 0 Å². The first-order valence-corrected chi connectivity index (χ1v) is 40.8. The van der Waals surface area contributed by atoms with Gasteiger partial charge in [0.05, 0.1) is 26.4 Å². The van der Waals surface area contributed by atoms with Crippen LogP contribution in [-0.4, -0.2) is 95.9 Å².